The first kappa shape index (κ1) is 41.3. The molecule has 1 fully saturated rings. The van der Waals surface area contributed by atoms with E-state index >= 15 is 0 Å². The molecule has 6 aliphatic heterocycles. The number of nitrogens with zero attached hydrogens (tertiary/aromatic N) is 1. The fourth-order valence-electron chi connectivity index (χ4n) is 8.63. The van der Waals surface area contributed by atoms with Crippen molar-refractivity contribution in [3.05, 3.63) is 106 Å². The number of ether oxygens (including phenoxy) is 7. The highest BCUT2D eigenvalue weighted by atomic mass is 35.5. The van der Waals surface area contributed by atoms with Crippen LogP contribution in [-0.4, -0.2) is 102 Å². The second-order valence-corrected chi connectivity index (χ2v) is 16.3. The monoisotopic (exact) mass is 845 g/mol. The number of esters is 2. The molecule has 316 valence electrons. The zero-order chi connectivity index (χ0) is 43.0. The number of halogens is 1. The van der Waals surface area contributed by atoms with Crippen molar-refractivity contribution in [2.24, 2.45) is 5.73 Å². The first-order valence-electron chi connectivity index (χ1n) is 19.1. The highest BCUT2D eigenvalue weighted by Gasteiger charge is 2.58. The topological polar surface area (TPSA) is 218 Å². The van der Waals surface area contributed by atoms with Crippen LogP contribution in [0.1, 0.15) is 71.1 Å². The number of aliphatic hydroxyl groups excluding tert-OH is 2. The van der Waals surface area contributed by atoms with Crippen LogP contribution in [-0.2, 0) is 28.5 Å². The second-order valence-electron chi connectivity index (χ2n) is 15.9. The third-order valence-electron chi connectivity index (χ3n) is 11.4. The zero-order valence-electron chi connectivity index (χ0n) is 33.3. The maximum absolute atomic E-state index is 14.1. The number of aromatic hydroxyl groups is 1. The smallest absolute Gasteiger partial charge is 0.341 e. The minimum absolute atomic E-state index is 0.00872. The first-order chi connectivity index (χ1) is 28.4. The van der Waals surface area contributed by atoms with Gasteiger partial charge >= 0.3 is 11.9 Å². The van der Waals surface area contributed by atoms with E-state index in [0.717, 1.165) is 0 Å². The summed E-state index contributed by atoms with van der Waals surface area (Å²) in [6.45, 7) is 6.71. The first-order valence-corrected chi connectivity index (χ1v) is 19.4. The third kappa shape index (κ3) is 6.97. The van der Waals surface area contributed by atoms with Crippen LogP contribution in [0.2, 0.25) is 5.02 Å². The molecule has 8 aliphatic rings. The molecule has 3 aromatic rings. The SMILES string of the molecule is C=C1Oc2cc(OC)cc(C(=O)OC3COC(=O)CC(N)c4cc(O)c(c(Cl)c4)OC4c5ccc3cc5C3=CC=CC34O[C@@H]3OC(C)(C)[C@@H](N(C)C)[C@H](O)C3O)c2NC1=O. The van der Waals surface area contributed by atoms with E-state index in [2.05, 4.69) is 11.9 Å². The van der Waals surface area contributed by atoms with Crippen LogP contribution in [0.4, 0.5) is 5.69 Å². The molecule has 16 nitrogen and oxygen atoms in total. The molecule has 0 aromatic heterocycles. The molecule has 1 amide bonds. The molecule has 2 aliphatic carbocycles. The molecular formula is C43H44ClN3O13. The number of benzene rings is 3. The standard InChI is InChI=1S/C43H44ClN3O13/c1-19-39(52)46-33-25(15-22(54-6)16-30(33)56-19)40(53)57-31-18-55-32(49)17-28(45)21-13-27(44)36(29(48)14-21)58-38-23-10-9-20(31)12-24(23)26-8-7-11-43(26,38)60-41-35(51)34(50)37(47(4)5)42(2,3)59-41/h7-16,28,31,34-35,37-38,41,48,50-51H,1,17-18,45H2,2-6H3,(H,46,52)/t28?,31?,34-,35?,37+,38?,41+,43?/m1/s1. The molecule has 0 spiro atoms. The van der Waals surface area contributed by atoms with Gasteiger partial charge in [0.05, 0.1) is 41.4 Å². The Kier molecular flexibility index (Phi) is 10.5. The number of nitrogens with two attached hydrogens (primary N) is 1. The number of likely N-dealkylation sites (N-methyl/N-ethyl adjacent to an activating group) is 1. The number of rotatable bonds is 6. The van der Waals surface area contributed by atoms with Gasteiger partial charge in [-0.15, -0.1) is 0 Å². The average Bonchev–Trinajstić information content (AvgIpc) is 3.70. The van der Waals surface area contributed by atoms with Gasteiger partial charge in [-0.05, 0) is 80.5 Å². The van der Waals surface area contributed by atoms with Gasteiger partial charge in [0.1, 0.15) is 24.6 Å². The van der Waals surface area contributed by atoms with Crippen LogP contribution in [0.15, 0.2) is 73.0 Å². The van der Waals surface area contributed by atoms with E-state index in [1.165, 1.54) is 31.4 Å². The Balaban J connectivity index is 1.23. The summed E-state index contributed by atoms with van der Waals surface area (Å²) in [5.74, 6) is -2.66. The lowest BCUT2D eigenvalue weighted by atomic mass is 9.86. The van der Waals surface area contributed by atoms with Gasteiger partial charge in [0.2, 0.25) is 0 Å². The molecule has 5 unspecified atom stereocenters. The number of nitrogens with one attached hydrogen (secondary N) is 1. The Bertz CT molecular complexity index is 2360. The number of methoxy groups -OCH3 is 1. The molecule has 0 saturated carbocycles. The van der Waals surface area contributed by atoms with Crippen LogP contribution < -0.4 is 25.3 Å². The van der Waals surface area contributed by atoms with E-state index in [1.807, 2.05) is 0 Å². The predicted octanol–water partition coefficient (Wildman–Crippen LogP) is 4.37. The number of fused-ring (bicyclic) bond motifs is 2. The highest BCUT2D eigenvalue weighted by molar-refractivity contribution is 6.32. The van der Waals surface area contributed by atoms with Crippen molar-refractivity contribution in [2.75, 3.05) is 33.1 Å². The maximum Gasteiger partial charge on any atom is 0.341 e. The van der Waals surface area contributed by atoms with Crippen molar-refractivity contribution in [1.29, 1.82) is 0 Å². The number of carbonyl (C=O) groups is 3. The molecule has 6 heterocycles. The summed E-state index contributed by atoms with van der Waals surface area (Å²) in [6.07, 6.45) is -1.61. The molecular weight excluding hydrogens is 802 g/mol. The molecule has 8 atom stereocenters. The number of hydrogen-bond donors (Lipinski definition) is 5. The molecule has 60 heavy (non-hydrogen) atoms. The van der Waals surface area contributed by atoms with Gasteiger partial charge in [-0.3, -0.25) is 9.59 Å². The van der Waals surface area contributed by atoms with Crippen LogP contribution in [0.5, 0.6) is 23.0 Å². The molecule has 6 bridgehead atoms. The van der Waals surface area contributed by atoms with Crippen LogP contribution >= 0.6 is 11.6 Å². The Morgan fingerprint density at radius 3 is 2.57 bits per heavy atom. The zero-order valence-corrected chi connectivity index (χ0v) is 34.0. The van der Waals surface area contributed by atoms with E-state index < -0.39 is 78.4 Å². The quantitative estimate of drug-likeness (QED) is 0.172. The van der Waals surface area contributed by atoms with Gasteiger partial charge in [-0.1, -0.05) is 42.5 Å². The Morgan fingerprint density at radius 2 is 1.85 bits per heavy atom. The van der Waals surface area contributed by atoms with Gasteiger partial charge in [0.25, 0.3) is 5.91 Å². The number of anilines is 1. The van der Waals surface area contributed by atoms with Gasteiger partial charge in [-0.2, -0.15) is 0 Å². The van der Waals surface area contributed by atoms with Gasteiger partial charge < -0.3 is 64.4 Å². The molecule has 3 aromatic carbocycles. The van der Waals surface area contributed by atoms with E-state index in [0.29, 0.717) is 27.8 Å². The van der Waals surface area contributed by atoms with E-state index in [4.69, 9.17) is 50.5 Å². The second kappa shape index (κ2) is 15.2. The van der Waals surface area contributed by atoms with E-state index in [9.17, 15) is 29.7 Å². The minimum Gasteiger partial charge on any atom is -0.504 e. The maximum atomic E-state index is 14.1. The predicted molar refractivity (Wildman–Crippen MR) is 214 cm³/mol. The number of allylic oxidation sites excluding steroid dienone is 2. The van der Waals surface area contributed by atoms with Gasteiger partial charge in [0, 0.05) is 17.7 Å². The molecule has 6 N–H and O–H groups in total. The Morgan fingerprint density at radius 1 is 1.08 bits per heavy atom. The third-order valence-corrected chi connectivity index (χ3v) is 11.7. The van der Waals surface area contributed by atoms with Crippen LogP contribution in [0, 0.1) is 0 Å². The van der Waals surface area contributed by atoms with Crippen molar-refractivity contribution in [2.45, 2.75) is 74.3 Å². The van der Waals surface area contributed by atoms with Crippen molar-refractivity contribution in [3.8, 4) is 23.0 Å². The van der Waals surface area contributed by atoms with Crippen molar-refractivity contribution in [3.63, 3.8) is 0 Å². The van der Waals surface area contributed by atoms with Gasteiger partial charge in [0.15, 0.2) is 47.1 Å². The summed E-state index contributed by atoms with van der Waals surface area (Å²) < 4.78 is 42.6. The molecule has 11 rings (SSSR count). The lowest BCUT2D eigenvalue weighted by Gasteiger charge is -2.51. The number of phenolic OH excluding ortho intramolecular Hbond substituents is 1. The van der Waals surface area contributed by atoms with E-state index in [-0.39, 0.29) is 51.5 Å². The summed E-state index contributed by atoms with van der Waals surface area (Å²) in [6, 6.07) is 9.16. The fraction of sp³-hybridized carbons (Fsp3) is 0.372. The number of aliphatic hydroxyl groups is 2. The van der Waals surface area contributed by atoms with Gasteiger partial charge in [-0.25, -0.2) is 4.79 Å². The number of carbonyl (C=O) groups excluding carboxylic acids is 3. The normalized spacial score (nSPS) is 28.9. The number of amides is 1. The fourth-order valence-corrected chi connectivity index (χ4v) is 8.90. The summed E-state index contributed by atoms with van der Waals surface area (Å²) >= 11 is 6.77. The number of hydrogen-bond acceptors (Lipinski definition) is 15. The molecule has 0 radical (unpaired) electrons. The summed E-state index contributed by atoms with van der Waals surface area (Å²) in [7, 11) is 4.94. The van der Waals surface area contributed by atoms with Crippen LogP contribution in [0.3, 0.4) is 0 Å². The van der Waals surface area contributed by atoms with Crippen LogP contribution in [0.25, 0.3) is 5.57 Å². The molecule has 17 heteroatoms. The average molecular weight is 846 g/mol. The minimum atomic E-state index is -1.55. The summed E-state index contributed by atoms with van der Waals surface area (Å²) in [5.41, 5.74) is 6.07. The Hall–Kier alpha value is -5.46. The van der Waals surface area contributed by atoms with Crippen molar-refractivity contribution < 1.29 is 62.9 Å². The largest absolute Gasteiger partial charge is 0.504 e. The summed E-state index contributed by atoms with van der Waals surface area (Å²) in [5, 5.41) is 36.9. The number of phenols is 1. The highest BCUT2D eigenvalue weighted by Crippen LogP contribution is 2.58. The molecule has 1 saturated heterocycles. The van der Waals surface area contributed by atoms with Crippen molar-refractivity contribution >= 4 is 40.7 Å². The lowest BCUT2D eigenvalue weighted by molar-refractivity contribution is -0.329. The summed E-state index contributed by atoms with van der Waals surface area (Å²) in [4.78, 5) is 41.7. The lowest BCUT2D eigenvalue weighted by Crippen LogP contribution is -2.67. The van der Waals surface area contributed by atoms with Crippen molar-refractivity contribution in [1.82, 2.24) is 4.90 Å². The van der Waals surface area contributed by atoms with E-state index in [1.54, 1.807) is 69.3 Å². The Labute approximate surface area is 349 Å².